The van der Waals surface area contributed by atoms with Gasteiger partial charge in [-0.1, -0.05) is 24.3 Å². The van der Waals surface area contributed by atoms with Gasteiger partial charge in [0.25, 0.3) is 0 Å². The number of hydrogen-bond acceptors (Lipinski definition) is 2. The minimum atomic E-state index is -0.313. The molecule has 0 spiro atoms. The van der Waals surface area contributed by atoms with Crippen LogP contribution in [-0.2, 0) is 9.53 Å². The van der Waals surface area contributed by atoms with Crippen LogP contribution in [0.3, 0.4) is 0 Å². The highest BCUT2D eigenvalue weighted by Crippen LogP contribution is 2.26. The number of nitrogens with one attached hydrogen (secondary N) is 1. The third-order valence-corrected chi connectivity index (χ3v) is 3.23. The Kier molecular flexibility index (Phi) is 3.25. The zero-order valence-electron chi connectivity index (χ0n) is 11.2. The van der Waals surface area contributed by atoms with Crippen LogP contribution in [0.5, 0.6) is 0 Å². The average molecular weight is 265 g/mol. The number of para-hydroxylation sites is 1. The van der Waals surface area contributed by atoms with Crippen molar-refractivity contribution in [1.82, 2.24) is 4.98 Å². The van der Waals surface area contributed by atoms with E-state index in [4.69, 9.17) is 4.74 Å². The first-order valence-electron chi connectivity index (χ1n) is 6.63. The maximum atomic E-state index is 11.3. The van der Waals surface area contributed by atoms with Crippen molar-refractivity contribution in [1.29, 1.82) is 0 Å². The van der Waals surface area contributed by atoms with Crippen LogP contribution in [0.15, 0.2) is 48.5 Å². The minimum absolute atomic E-state index is 0.313. The van der Waals surface area contributed by atoms with E-state index in [9.17, 15) is 4.79 Å². The summed E-state index contributed by atoms with van der Waals surface area (Å²) in [6.07, 6.45) is 3.23. The molecule has 1 heterocycles. The number of fused-ring (bicyclic) bond motifs is 3. The van der Waals surface area contributed by atoms with Gasteiger partial charge in [-0.15, -0.1) is 0 Å². The molecule has 0 atom stereocenters. The van der Waals surface area contributed by atoms with Crippen molar-refractivity contribution in [2.45, 2.75) is 6.92 Å². The van der Waals surface area contributed by atoms with Crippen molar-refractivity contribution in [3.63, 3.8) is 0 Å². The van der Waals surface area contributed by atoms with E-state index in [0.29, 0.717) is 6.61 Å². The highest BCUT2D eigenvalue weighted by Gasteiger charge is 2.03. The lowest BCUT2D eigenvalue weighted by molar-refractivity contribution is -0.137. The van der Waals surface area contributed by atoms with Gasteiger partial charge in [0.05, 0.1) is 6.61 Å². The Labute approximate surface area is 116 Å². The van der Waals surface area contributed by atoms with Crippen LogP contribution >= 0.6 is 0 Å². The molecule has 0 amide bonds. The van der Waals surface area contributed by atoms with Crippen LogP contribution in [-0.4, -0.2) is 17.6 Å². The monoisotopic (exact) mass is 265 g/mol. The molecule has 1 aromatic heterocycles. The predicted octanol–water partition coefficient (Wildman–Crippen LogP) is 3.90. The van der Waals surface area contributed by atoms with Gasteiger partial charge in [-0.05, 0) is 36.8 Å². The van der Waals surface area contributed by atoms with Crippen LogP contribution in [0.1, 0.15) is 12.5 Å². The SMILES string of the molecule is CCOC(=O)C=Cc1ccc2[nH]c3ccccc3c2c1. The first kappa shape index (κ1) is 12.5. The number of H-pyrrole nitrogens is 1. The number of carbonyl (C=O) groups is 1. The Bertz CT molecular complexity index is 799. The van der Waals surface area contributed by atoms with Gasteiger partial charge in [0.2, 0.25) is 0 Å². The third kappa shape index (κ3) is 2.30. The van der Waals surface area contributed by atoms with Crippen LogP contribution in [0.2, 0.25) is 0 Å². The molecule has 0 bridgehead atoms. The van der Waals surface area contributed by atoms with Crippen molar-refractivity contribution in [3.8, 4) is 0 Å². The molecule has 0 saturated carbocycles. The Morgan fingerprint density at radius 3 is 2.80 bits per heavy atom. The van der Waals surface area contributed by atoms with Gasteiger partial charge in [0.1, 0.15) is 0 Å². The summed E-state index contributed by atoms with van der Waals surface area (Å²) in [7, 11) is 0. The van der Waals surface area contributed by atoms with Crippen LogP contribution in [0.25, 0.3) is 27.9 Å². The maximum Gasteiger partial charge on any atom is 0.330 e. The maximum absolute atomic E-state index is 11.3. The van der Waals surface area contributed by atoms with Gasteiger partial charge in [0, 0.05) is 27.9 Å². The van der Waals surface area contributed by atoms with E-state index in [1.165, 1.54) is 11.5 Å². The molecule has 100 valence electrons. The second-order valence-electron chi connectivity index (χ2n) is 4.56. The second kappa shape index (κ2) is 5.21. The molecule has 3 nitrogen and oxygen atoms in total. The van der Waals surface area contributed by atoms with Crippen LogP contribution in [0, 0.1) is 0 Å². The zero-order valence-corrected chi connectivity index (χ0v) is 11.2. The van der Waals surface area contributed by atoms with Crippen molar-refractivity contribution >= 4 is 33.9 Å². The lowest BCUT2D eigenvalue weighted by atomic mass is 10.1. The lowest BCUT2D eigenvalue weighted by Crippen LogP contribution is -1.98. The second-order valence-corrected chi connectivity index (χ2v) is 4.56. The first-order chi connectivity index (χ1) is 9.78. The molecule has 0 radical (unpaired) electrons. The topological polar surface area (TPSA) is 42.1 Å². The molecule has 3 rings (SSSR count). The van der Waals surface area contributed by atoms with Gasteiger partial charge in [0.15, 0.2) is 0 Å². The zero-order chi connectivity index (χ0) is 13.9. The molecular weight excluding hydrogens is 250 g/mol. The van der Waals surface area contributed by atoms with Crippen LogP contribution in [0.4, 0.5) is 0 Å². The average Bonchev–Trinajstić information content (AvgIpc) is 2.83. The quantitative estimate of drug-likeness (QED) is 0.576. The Hall–Kier alpha value is -2.55. The fourth-order valence-electron chi connectivity index (χ4n) is 2.32. The number of carbonyl (C=O) groups excluding carboxylic acids is 1. The Balaban J connectivity index is 2.01. The highest BCUT2D eigenvalue weighted by molar-refractivity contribution is 6.07. The molecule has 0 aliphatic heterocycles. The van der Waals surface area contributed by atoms with E-state index in [0.717, 1.165) is 22.0 Å². The molecule has 3 heteroatoms. The van der Waals surface area contributed by atoms with E-state index < -0.39 is 0 Å². The van der Waals surface area contributed by atoms with E-state index in [2.05, 4.69) is 23.2 Å². The normalized spacial score (nSPS) is 11.4. The molecule has 3 aromatic rings. The molecule has 20 heavy (non-hydrogen) atoms. The number of benzene rings is 2. The van der Waals surface area contributed by atoms with Crippen LogP contribution < -0.4 is 0 Å². The molecule has 0 fully saturated rings. The van der Waals surface area contributed by atoms with Gasteiger partial charge in [-0.2, -0.15) is 0 Å². The molecule has 2 aromatic carbocycles. The molecular formula is C17H15NO2. The van der Waals surface area contributed by atoms with Gasteiger partial charge >= 0.3 is 5.97 Å². The number of aromatic amines is 1. The summed E-state index contributed by atoms with van der Waals surface area (Å²) in [5.74, 6) is -0.313. The van der Waals surface area contributed by atoms with Crippen molar-refractivity contribution in [2.75, 3.05) is 6.61 Å². The van der Waals surface area contributed by atoms with Crippen molar-refractivity contribution in [2.24, 2.45) is 0 Å². The van der Waals surface area contributed by atoms with Gasteiger partial charge in [-0.25, -0.2) is 4.79 Å². The summed E-state index contributed by atoms with van der Waals surface area (Å²) in [4.78, 5) is 14.7. The predicted molar refractivity (Wildman–Crippen MR) is 81.5 cm³/mol. The van der Waals surface area contributed by atoms with Gasteiger partial charge < -0.3 is 9.72 Å². The molecule has 0 saturated heterocycles. The Morgan fingerprint density at radius 2 is 1.95 bits per heavy atom. The number of esters is 1. The fraction of sp³-hybridized carbons (Fsp3) is 0.118. The largest absolute Gasteiger partial charge is 0.463 e. The van der Waals surface area contributed by atoms with Crippen molar-refractivity contribution in [3.05, 3.63) is 54.1 Å². The lowest BCUT2D eigenvalue weighted by Gasteiger charge is -1.97. The summed E-state index contributed by atoms with van der Waals surface area (Å²) in [5.41, 5.74) is 3.20. The van der Waals surface area contributed by atoms with Gasteiger partial charge in [-0.3, -0.25) is 0 Å². The van der Waals surface area contributed by atoms with Crippen molar-refractivity contribution < 1.29 is 9.53 Å². The first-order valence-corrected chi connectivity index (χ1v) is 6.63. The summed E-state index contributed by atoms with van der Waals surface area (Å²) >= 11 is 0. The van der Waals surface area contributed by atoms with E-state index in [1.54, 1.807) is 13.0 Å². The third-order valence-electron chi connectivity index (χ3n) is 3.23. The molecule has 0 aliphatic rings. The number of ether oxygens (including phenoxy) is 1. The highest BCUT2D eigenvalue weighted by atomic mass is 16.5. The molecule has 0 aliphatic carbocycles. The summed E-state index contributed by atoms with van der Waals surface area (Å²) in [6, 6.07) is 14.3. The number of aromatic nitrogens is 1. The summed E-state index contributed by atoms with van der Waals surface area (Å²) in [5, 5.41) is 2.35. The number of hydrogen-bond donors (Lipinski definition) is 1. The molecule has 0 unspecified atom stereocenters. The van der Waals surface area contributed by atoms with E-state index in [1.807, 2.05) is 24.3 Å². The van der Waals surface area contributed by atoms with E-state index in [-0.39, 0.29) is 5.97 Å². The summed E-state index contributed by atoms with van der Waals surface area (Å²) < 4.78 is 4.87. The smallest absolute Gasteiger partial charge is 0.330 e. The number of rotatable bonds is 3. The molecule has 1 N–H and O–H groups in total. The summed E-state index contributed by atoms with van der Waals surface area (Å²) in [6.45, 7) is 2.19. The Morgan fingerprint density at radius 1 is 1.15 bits per heavy atom. The fourth-order valence-corrected chi connectivity index (χ4v) is 2.32. The standard InChI is InChI=1S/C17H15NO2/c1-2-20-17(19)10-8-12-7-9-16-14(11-12)13-5-3-4-6-15(13)18-16/h3-11,18H,2H2,1H3. The minimum Gasteiger partial charge on any atom is -0.463 e. The van der Waals surface area contributed by atoms with E-state index >= 15 is 0 Å².